The normalized spacial score (nSPS) is 11.0. The number of benzene rings is 1. The molecule has 0 fully saturated rings. The zero-order valence-corrected chi connectivity index (χ0v) is 17.4. The molecule has 0 aliphatic rings. The van der Waals surface area contributed by atoms with Gasteiger partial charge in [0.25, 0.3) is 0 Å². The Bertz CT molecular complexity index is 644. The Kier molecular flexibility index (Phi) is 12.6. The van der Waals surface area contributed by atoms with Crippen molar-refractivity contribution >= 4 is 22.0 Å². The summed E-state index contributed by atoms with van der Waals surface area (Å²) in [6.07, 6.45) is 2.19. The third-order valence-electron chi connectivity index (χ3n) is 3.53. The van der Waals surface area contributed by atoms with E-state index in [-0.39, 0.29) is 13.3 Å². The second-order valence-electron chi connectivity index (χ2n) is 5.94. The zero-order chi connectivity index (χ0) is 20.9. The van der Waals surface area contributed by atoms with E-state index in [0.29, 0.717) is 13.0 Å². The fraction of sp³-hybridized carbons (Fsp3) is 0.611. The minimum atomic E-state index is -4.19. The lowest BCUT2D eigenvalue weighted by atomic mass is 10.1. The molecule has 0 unspecified atom stereocenters. The van der Waals surface area contributed by atoms with Crippen LogP contribution in [0.3, 0.4) is 0 Å². The number of anilines is 1. The number of ether oxygens (including phenoxy) is 1. The second-order valence-corrected chi connectivity index (χ2v) is 7.48. The van der Waals surface area contributed by atoms with Gasteiger partial charge in [-0.25, -0.2) is 4.79 Å². The van der Waals surface area contributed by atoms with E-state index in [4.69, 9.17) is 15.6 Å². The van der Waals surface area contributed by atoms with Gasteiger partial charge in [0.05, 0.1) is 0 Å². The van der Waals surface area contributed by atoms with Gasteiger partial charge in [-0.1, -0.05) is 38.5 Å². The topological polar surface area (TPSA) is 119 Å². The summed E-state index contributed by atoms with van der Waals surface area (Å²) in [4.78, 5) is 10.8. The van der Waals surface area contributed by atoms with Crippen LogP contribution in [0.2, 0.25) is 0 Å². The number of carbonyl (C=O) groups is 1. The van der Waals surface area contributed by atoms with Crippen LogP contribution in [0.15, 0.2) is 18.2 Å². The third kappa shape index (κ3) is 10.3. The maximum Gasteiger partial charge on any atom is 0.389 e. The molecule has 0 aromatic heterocycles. The number of aliphatic hydroxyl groups is 1. The van der Waals surface area contributed by atoms with Crippen molar-refractivity contribution in [2.24, 2.45) is 0 Å². The number of rotatable bonds is 10. The van der Waals surface area contributed by atoms with Crippen LogP contribution in [0.25, 0.3) is 0 Å². The average Bonchev–Trinajstić information content (AvgIpc) is 2.62. The van der Waals surface area contributed by atoms with Crippen LogP contribution in [0.5, 0.6) is 0 Å². The maximum atomic E-state index is 11.7. The minimum absolute atomic E-state index is 0.158. The van der Waals surface area contributed by atoms with Crippen molar-refractivity contribution in [3.63, 3.8) is 0 Å². The summed E-state index contributed by atoms with van der Waals surface area (Å²) in [5.74, 6) is -1.20. The molecule has 0 spiro atoms. The number of aryl methyl sites for hydroxylation is 2. The van der Waals surface area contributed by atoms with Crippen LogP contribution in [0.4, 0.5) is 5.69 Å². The molecule has 0 aliphatic carbocycles. The highest BCUT2D eigenvalue weighted by atomic mass is 32.2. The Hall–Kier alpha value is -1.68. The van der Waals surface area contributed by atoms with Gasteiger partial charge in [-0.3, -0.25) is 0 Å². The van der Waals surface area contributed by atoms with E-state index in [2.05, 4.69) is 4.18 Å². The van der Waals surface area contributed by atoms with Gasteiger partial charge < -0.3 is 19.8 Å². The Morgan fingerprint density at radius 3 is 2.22 bits per heavy atom. The van der Waals surface area contributed by atoms with Crippen LogP contribution in [-0.4, -0.2) is 50.3 Å². The van der Waals surface area contributed by atoms with Crippen LogP contribution in [0.1, 0.15) is 44.2 Å². The van der Waals surface area contributed by atoms with Crippen LogP contribution in [0, 0.1) is 13.8 Å². The molecule has 3 N–H and O–H groups in total. The molecule has 0 amide bonds. The summed E-state index contributed by atoms with van der Waals surface area (Å²) in [6.45, 7) is 7.34. The fourth-order valence-electron chi connectivity index (χ4n) is 1.91. The summed E-state index contributed by atoms with van der Waals surface area (Å²) in [7, 11) is -4.19. The van der Waals surface area contributed by atoms with Crippen molar-refractivity contribution < 1.29 is 27.2 Å². The van der Waals surface area contributed by atoms with E-state index in [1.54, 1.807) is 0 Å². The Labute approximate surface area is 162 Å². The second kappa shape index (κ2) is 13.5. The van der Waals surface area contributed by atoms with Gasteiger partial charge in [-0.05, 0) is 37.8 Å². The summed E-state index contributed by atoms with van der Waals surface area (Å²) < 4.78 is 33.7. The number of nitrogens with zero attached hydrogens (tertiary/aromatic N) is 1. The summed E-state index contributed by atoms with van der Waals surface area (Å²) in [5, 5.41) is 8.48. The first-order chi connectivity index (χ1) is 12.7. The molecular formula is C18H32N2O6S. The van der Waals surface area contributed by atoms with Crippen molar-refractivity contribution in [2.75, 3.05) is 32.2 Å². The van der Waals surface area contributed by atoms with E-state index in [1.807, 2.05) is 45.9 Å². The van der Waals surface area contributed by atoms with Gasteiger partial charge in [0.2, 0.25) is 0 Å². The number of hydrogen-bond acceptors (Lipinski definition) is 7. The zero-order valence-electron chi connectivity index (χ0n) is 16.6. The lowest BCUT2D eigenvalue weighted by molar-refractivity contribution is -0.137. The third-order valence-corrected chi connectivity index (χ3v) is 4.85. The van der Waals surface area contributed by atoms with Gasteiger partial charge in [-0.15, -0.1) is 4.31 Å². The van der Waals surface area contributed by atoms with Gasteiger partial charge in [0.1, 0.15) is 13.3 Å². The van der Waals surface area contributed by atoms with Crippen LogP contribution < -0.4 is 5.73 Å². The molecule has 0 heterocycles. The van der Waals surface area contributed by atoms with Gasteiger partial charge >= 0.3 is 16.3 Å². The summed E-state index contributed by atoms with van der Waals surface area (Å²) in [5.41, 5.74) is 8.92. The number of para-hydroxylation sites is 1. The Morgan fingerprint density at radius 2 is 1.78 bits per heavy atom. The van der Waals surface area contributed by atoms with Crippen molar-refractivity contribution in [2.45, 2.75) is 47.0 Å². The first-order valence-corrected chi connectivity index (χ1v) is 10.3. The Morgan fingerprint density at radius 1 is 1.19 bits per heavy atom. The first-order valence-electron chi connectivity index (χ1n) is 8.92. The molecule has 0 aliphatic heterocycles. The molecule has 1 aromatic rings. The molecule has 0 radical (unpaired) electrons. The molecule has 9 heteroatoms. The van der Waals surface area contributed by atoms with Crippen molar-refractivity contribution in [3.8, 4) is 0 Å². The SMILES string of the molecule is CCCCN(COCCC)S(=O)(=O)OC(=O)CO.Cc1cccc(C)c1N. The van der Waals surface area contributed by atoms with Gasteiger partial charge in [0, 0.05) is 18.8 Å². The molecule has 0 bridgehead atoms. The monoisotopic (exact) mass is 404 g/mol. The van der Waals surface area contributed by atoms with Gasteiger partial charge in [-0.2, -0.15) is 8.42 Å². The smallest absolute Gasteiger partial charge is 0.389 e. The lowest BCUT2D eigenvalue weighted by Gasteiger charge is -2.20. The number of nitrogens with two attached hydrogens (primary N) is 1. The molecule has 1 aromatic carbocycles. The molecule has 156 valence electrons. The van der Waals surface area contributed by atoms with Crippen LogP contribution >= 0.6 is 0 Å². The van der Waals surface area contributed by atoms with E-state index >= 15 is 0 Å². The van der Waals surface area contributed by atoms with E-state index in [9.17, 15) is 13.2 Å². The fourth-order valence-corrected chi connectivity index (χ4v) is 2.86. The number of unbranched alkanes of at least 4 members (excludes halogenated alkanes) is 1. The van der Waals surface area contributed by atoms with Crippen LogP contribution in [-0.2, 0) is 24.0 Å². The van der Waals surface area contributed by atoms with Crippen molar-refractivity contribution in [1.82, 2.24) is 4.31 Å². The first kappa shape index (κ1) is 25.3. The molecule has 1 rings (SSSR count). The standard InChI is InChI=1S/C10H21NO6S.C8H11N/c1-3-5-6-11(9-16-7-4-2)18(14,15)17-10(13)8-12;1-6-4-3-5-7(2)8(6)9/h12H,3-9H2,1-2H3;3-5H,9H2,1-2H3. The molecule has 27 heavy (non-hydrogen) atoms. The van der Waals surface area contributed by atoms with Crippen molar-refractivity contribution in [1.29, 1.82) is 0 Å². The van der Waals surface area contributed by atoms with E-state index < -0.39 is 22.9 Å². The highest BCUT2D eigenvalue weighted by Crippen LogP contribution is 2.13. The number of hydrogen-bond donors (Lipinski definition) is 2. The molecule has 8 nitrogen and oxygen atoms in total. The largest absolute Gasteiger partial charge is 0.398 e. The molecule has 0 saturated carbocycles. The average molecular weight is 405 g/mol. The predicted molar refractivity (Wildman–Crippen MR) is 105 cm³/mol. The number of aliphatic hydroxyl groups excluding tert-OH is 1. The predicted octanol–water partition coefficient (Wildman–Crippen LogP) is 2.14. The summed E-state index contributed by atoms with van der Waals surface area (Å²) in [6, 6.07) is 6.05. The van der Waals surface area contributed by atoms with E-state index in [1.165, 1.54) is 0 Å². The van der Waals surface area contributed by atoms with Crippen molar-refractivity contribution in [3.05, 3.63) is 29.3 Å². The molecule has 0 saturated heterocycles. The highest BCUT2D eigenvalue weighted by molar-refractivity contribution is 7.84. The summed E-state index contributed by atoms with van der Waals surface area (Å²) >= 11 is 0. The molecular weight excluding hydrogens is 372 g/mol. The number of nitrogen functional groups attached to an aromatic ring is 1. The minimum Gasteiger partial charge on any atom is -0.398 e. The highest BCUT2D eigenvalue weighted by Gasteiger charge is 2.26. The maximum absolute atomic E-state index is 11.7. The van der Waals surface area contributed by atoms with E-state index in [0.717, 1.165) is 34.0 Å². The quantitative estimate of drug-likeness (QED) is 0.348. The molecule has 0 atom stereocenters. The van der Waals surface area contributed by atoms with Gasteiger partial charge in [0.15, 0.2) is 0 Å². The lowest BCUT2D eigenvalue weighted by Crippen LogP contribution is -2.37. The Balaban J connectivity index is 0.000000621. The number of carbonyl (C=O) groups excluding carboxylic acids is 1.